The van der Waals surface area contributed by atoms with Gasteiger partial charge in [-0.25, -0.2) is 4.98 Å². The number of rotatable bonds is 6. The lowest BCUT2D eigenvalue weighted by atomic mass is 9.94. The molecule has 1 aromatic rings. The molecule has 1 saturated carbocycles. The van der Waals surface area contributed by atoms with Gasteiger partial charge in [-0.15, -0.1) is 0 Å². The number of thioether (sulfide) groups is 2. The van der Waals surface area contributed by atoms with E-state index in [2.05, 4.69) is 29.7 Å². The summed E-state index contributed by atoms with van der Waals surface area (Å²) in [6, 6.07) is 0.465. The molecule has 1 heterocycles. The second-order valence-corrected chi connectivity index (χ2v) is 7.93. The highest BCUT2D eigenvalue weighted by Crippen LogP contribution is 2.38. The predicted octanol–water partition coefficient (Wildman–Crippen LogP) is 4.03. The van der Waals surface area contributed by atoms with Crippen LogP contribution in [-0.4, -0.2) is 37.9 Å². The molecule has 21 heavy (non-hydrogen) atoms. The van der Waals surface area contributed by atoms with E-state index in [0.29, 0.717) is 17.2 Å². The molecule has 1 aliphatic carbocycles. The maximum Gasteiger partial charge on any atom is 0.313 e. The van der Waals surface area contributed by atoms with Crippen molar-refractivity contribution >= 4 is 29.5 Å². The monoisotopic (exact) mass is 328 g/mol. The molecule has 1 N–H and O–H groups in total. The van der Waals surface area contributed by atoms with Gasteiger partial charge in [0.1, 0.15) is 0 Å². The smallest absolute Gasteiger partial charge is 0.313 e. The van der Waals surface area contributed by atoms with Crippen molar-refractivity contribution in [3.63, 3.8) is 0 Å². The molecule has 1 aromatic heterocycles. The van der Waals surface area contributed by atoms with E-state index in [4.69, 9.17) is 5.11 Å². The number of hydrogen-bond acceptors (Lipinski definition) is 4. The molecule has 0 aliphatic heterocycles. The number of nitrogens with zero attached hydrogens (tertiary/aromatic N) is 2. The fraction of sp³-hybridized carbons (Fsp3) is 0.733. The predicted molar refractivity (Wildman–Crippen MR) is 89.5 cm³/mol. The summed E-state index contributed by atoms with van der Waals surface area (Å²) in [6.45, 7) is 4.35. The van der Waals surface area contributed by atoms with Crippen molar-refractivity contribution in [2.75, 3.05) is 12.0 Å². The average molecular weight is 329 g/mol. The van der Waals surface area contributed by atoms with Crippen LogP contribution in [0, 0.1) is 0 Å². The third kappa shape index (κ3) is 4.19. The summed E-state index contributed by atoms with van der Waals surface area (Å²) in [5.74, 6) is -0.301. The van der Waals surface area contributed by atoms with Crippen molar-refractivity contribution in [3.8, 4) is 0 Å². The first-order chi connectivity index (χ1) is 10.0. The third-order valence-corrected chi connectivity index (χ3v) is 6.05. The first kappa shape index (κ1) is 16.7. The maximum absolute atomic E-state index is 10.8. The average Bonchev–Trinajstić information content (AvgIpc) is 2.89. The number of aromatic nitrogens is 2. The van der Waals surface area contributed by atoms with Crippen molar-refractivity contribution in [1.82, 2.24) is 9.55 Å². The van der Waals surface area contributed by atoms with Gasteiger partial charge in [0.05, 0.1) is 5.75 Å². The summed E-state index contributed by atoms with van der Waals surface area (Å²) in [5, 5.41) is 10.5. The second kappa shape index (κ2) is 7.58. The van der Waals surface area contributed by atoms with Gasteiger partial charge in [0.25, 0.3) is 0 Å². The number of carboxylic acids is 1. The Morgan fingerprint density at radius 2 is 2.29 bits per heavy atom. The van der Waals surface area contributed by atoms with Gasteiger partial charge in [-0.05, 0) is 31.4 Å². The van der Waals surface area contributed by atoms with E-state index in [1.54, 1.807) is 0 Å². The molecule has 0 amide bonds. The lowest BCUT2D eigenvalue weighted by Gasteiger charge is -2.31. The number of carboxylic acid groups (broad SMARTS) is 1. The van der Waals surface area contributed by atoms with Crippen LogP contribution in [0.3, 0.4) is 0 Å². The van der Waals surface area contributed by atoms with Crippen LogP contribution >= 0.6 is 23.5 Å². The fourth-order valence-corrected chi connectivity index (χ4v) is 4.54. The van der Waals surface area contributed by atoms with Gasteiger partial charge in [0.2, 0.25) is 0 Å². The molecule has 2 unspecified atom stereocenters. The Morgan fingerprint density at radius 3 is 2.90 bits per heavy atom. The number of imidazole rings is 1. The van der Waals surface area contributed by atoms with E-state index in [9.17, 15) is 4.79 Å². The van der Waals surface area contributed by atoms with Crippen molar-refractivity contribution in [2.45, 2.75) is 61.9 Å². The zero-order valence-corrected chi connectivity index (χ0v) is 14.5. The fourth-order valence-electron chi connectivity index (χ4n) is 2.95. The zero-order chi connectivity index (χ0) is 15.4. The van der Waals surface area contributed by atoms with Gasteiger partial charge in [-0.2, -0.15) is 11.8 Å². The van der Waals surface area contributed by atoms with Gasteiger partial charge in [-0.1, -0.05) is 32.0 Å². The van der Waals surface area contributed by atoms with Crippen LogP contribution in [0.25, 0.3) is 0 Å². The molecule has 0 aromatic carbocycles. The van der Waals surface area contributed by atoms with Crippen molar-refractivity contribution < 1.29 is 9.90 Å². The van der Waals surface area contributed by atoms with E-state index in [-0.39, 0.29) is 5.75 Å². The molecule has 0 spiro atoms. The molecule has 1 aliphatic rings. The second-order valence-electron chi connectivity index (χ2n) is 5.85. The van der Waals surface area contributed by atoms with Crippen molar-refractivity contribution in [1.29, 1.82) is 0 Å². The van der Waals surface area contributed by atoms with Crippen LogP contribution in [0.4, 0.5) is 0 Å². The van der Waals surface area contributed by atoms with Gasteiger partial charge in [-0.3, -0.25) is 4.79 Å². The first-order valence-electron chi connectivity index (χ1n) is 7.47. The summed E-state index contributed by atoms with van der Waals surface area (Å²) in [5.41, 5.74) is 1.23. The molecule has 2 rings (SSSR count). The highest BCUT2D eigenvalue weighted by Gasteiger charge is 2.27. The van der Waals surface area contributed by atoms with Gasteiger partial charge in [0, 0.05) is 23.2 Å². The molecule has 118 valence electrons. The number of carbonyl (C=O) groups is 1. The number of aliphatic carboxylic acids is 1. The quantitative estimate of drug-likeness (QED) is 0.799. The van der Waals surface area contributed by atoms with Gasteiger partial charge in [0.15, 0.2) is 5.16 Å². The molecule has 0 saturated heterocycles. The SMILES string of the molecule is CSC1CCCC(n2c(C(C)C)cnc2SCC(=O)O)C1. The van der Waals surface area contributed by atoms with Crippen molar-refractivity contribution in [2.24, 2.45) is 0 Å². The Hall–Kier alpha value is -0.620. The van der Waals surface area contributed by atoms with Crippen LogP contribution in [-0.2, 0) is 4.79 Å². The first-order valence-corrected chi connectivity index (χ1v) is 9.74. The number of hydrogen-bond donors (Lipinski definition) is 1. The zero-order valence-electron chi connectivity index (χ0n) is 12.9. The normalized spacial score (nSPS) is 22.7. The van der Waals surface area contributed by atoms with E-state index in [1.807, 2.05) is 18.0 Å². The lowest BCUT2D eigenvalue weighted by Crippen LogP contribution is -2.23. The molecule has 6 heteroatoms. The molecular formula is C15H24N2O2S2. The van der Waals surface area contributed by atoms with Crippen LogP contribution in [0.1, 0.15) is 57.2 Å². The van der Waals surface area contributed by atoms with E-state index in [0.717, 1.165) is 11.6 Å². The minimum Gasteiger partial charge on any atom is -0.481 e. The molecule has 4 nitrogen and oxygen atoms in total. The maximum atomic E-state index is 10.8. The Morgan fingerprint density at radius 1 is 1.52 bits per heavy atom. The molecule has 1 fully saturated rings. The van der Waals surface area contributed by atoms with E-state index in [1.165, 1.54) is 36.7 Å². The largest absolute Gasteiger partial charge is 0.481 e. The highest BCUT2D eigenvalue weighted by atomic mass is 32.2. The Balaban J connectivity index is 2.25. The lowest BCUT2D eigenvalue weighted by molar-refractivity contribution is -0.133. The van der Waals surface area contributed by atoms with Gasteiger partial charge >= 0.3 is 5.97 Å². The van der Waals surface area contributed by atoms with E-state index >= 15 is 0 Å². The van der Waals surface area contributed by atoms with Crippen molar-refractivity contribution in [3.05, 3.63) is 11.9 Å². The van der Waals surface area contributed by atoms with Crippen LogP contribution in [0.2, 0.25) is 0 Å². The Kier molecular flexibility index (Phi) is 6.05. The molecule has 2 atom stereocenters. The minimum absolute atomic E-state index is 0.0766. The molecule has 0 radical (unpaired) electrons. The minimum atomic E-state index is -0.786. The summed E-state index contributed by atoms with van der Waals surface area (Å²) in [7, 11) is 0. The van der Waals surface area contributed by atoms with E-state index < -0.39 is 5.97 Å². The van der Waals surface area contributed by atoms with Gasteiger partial charge < -0.3 is 9.67 Å². The summed E-state index contributed by atoms with van der Waals surface area (Å²) >= 11 is 3.29. The summed E-state index contributed by atoms with van der Waals surface area (Å²) in [4.78, 5) is 15.3. The highest BCUT2D eigenvalue weighted by molar-refractivity contribution is 7.99. The third-order valence-electron chi connectivity index (χ3n) is 4.00. The standard InChI is InChI=1S/C15H24N2O2S2/c1-10(2)13-8-16-15(21-9-14(18)19)17(13)11-5-4-6-12(7-11)20-3/h8,10-12H,4-7,9H2,1-3H3,(H,18,19). The molecular weight excluding hydrogens is 304 g/mol. The van der Waals surface area contributed by atoms with Crippen LogP contribution in [0.15, 0.2) is 11.4 Å². The Bertz CT molecular complexity index is 488. The summed E-state index contributed by atoms with van der Waals surface area (Å²) < 4.78 is 2.32. The molecule has 0 bridgehead atoms. The Labute approximate surface area is 135 Å². The van der Waals surface area contributed by atoms with Crippen LogP contribution < -0.4 is 0 Å². The topological polar surface area (TPSA) is 55.1 Å². The van der Waals surface area contributed by atoms with Crippen LogP contribution in [0.5, 0.6) is 0 Å². The summed E-state index contributed by atoms with van der Waals surface area (Å²) in [6.07, 6.45) is 8.99.